The van der Waals surface area contributed by atoms with Gasteiger partial charge in [-0.15, -0.1) is 0 Å². The SMILES string of the molecule is CC(C)C[C@H](NC(=O)c1ccc(N2CCOCC2)cc1)C(=O)NCC#N. The molecule has 7 nitrogen and oxygen atoms in total. The predicted molar refractivity (Wildman–Crippen MR) is 98.8 cm³/mol. The van der Waals surface area contributed by atoms with Crippen LogP contribution in [-0.2, 0) is 9.53 Å². The molecule has 0 unspecified atom stereocenters. The first-order chi connectivity index (χ1) is 12.5. The summed E-state index contributed by atoms with van der Waals surface area (Å²) in [5.41, 5.74) is 1.55. The molecule has 0 aliphatic carbocycles. The van der Waals surface area contributed by atoms with Crippen molar-refractivity contribution in [3.63, 3.8) is 0 Å². The van der Waals surface area contributed by atoms with Crippen molar-refractivity contribution >= 4 is 17.5 Å². The van der Waals surface area contributed by atoms with Crippen molar-refractivity contribution in [3.8, 4) is 6.07 Å². The lowest BCUT2D eigenvalue weighted by atomic mass is 10.0. The van der Waals surface area contributed by atoms with Crippen LogP contribution in [0.5, 0.6) is 0 Å². The molecule has 1 aliphatic heterocycles. The first-order valence-electron chi connectivity index (χ1n) is 8.89. The van der Waals surface area contributed by atoms with E-state index in [4.69, 9.17) is 10.00 Å². The third kappa shape index (κ3) is 5.74. The summed E-state index contributed by atoms with van der Waals surface area (Å²) in [7, 11) is 0. The molecule has 0 saturated carbocycles. The normalized spacial score (nSPS) is 15.2. The minimum atomic E-state index is -0.658. The van der Waals surface area contributed by atoms with Gasteiger partial charge in [-0.25, -0.2) is 0 Å². The predicted octanol–water partition coefficient (Wildman–Crippen LogP) is 1.31. The van der Waals surface area contributed by atoms with E-state index in [0.29, 0.717) is 25.2 Å². The highest BCUT2D eigenvalue weighted by Crippen LogP contribution is 2.17. The van der Waals surface area contributed by atoms with Gasteiger partial charge in [0, 0.05) is 24.3 Å². The van der Waals surface area contributed by atoms with Crippen molar-refractivity contribution in [2.45, 2.75) is 26.3 Å². The van der Waals surface area contributed by atoms with E-state index in [1.165, 1.54) is 0 Å². The quantitative estimate of drug-likeness (QED) is 0.717. The van der Waals surface area contributed by atoms with Crippen LogP contribution in [-0.4, -0.2) is 50.7 Å². The Morgan fingerprint density at radius 1 is 1.23 bits per heavy atom. The minimum absolute atomic E-state index is 0.0719. The van der Waals surface area contributed by atoms with Crippen LogP contribution in [0.15, 0.2) is 24.3 Å². The zero-order valence-corrected chi connectivity index (χ0v) is 15.3. The van der Waals surface area contributed by atoms with Gasteiger partial charge in [-0.1, -0.05) is 13.8 Å². The van der Waals surface area contributed by atoms with Crippen LogP contribution in [0, 0.1) is 17.2 Å². The topological polar surface area (TPSA) is 94.5 Å². The maximum absolute atomic E-state index is 12.5. The third-order valence-electron chi connectivity index (χ3n) is 4.18. The van der Waals surface area contributed by atoms with Crippen LogP contribution in [0.4, 0.5) is 5.69 Å². The number of amides is 2. The molecule has 140 valence electrons. The second kappa shape index (κ2) is 9.78. The number of rotatable bonds is 7. The van der Waals surface area contributed by atoms with Crippen LogP contribution in [0.1, 0.15) is 30.6 Å². The van der Waals surface area contributed by atoms with E-state index in [1.54, 1.807) is 12.1 Å². The zero-order valence-electron chi connectivity index (χ0n) is 15.3. The second-order valence-corrected chi connectivity index (χ2v) is 6.68. The van der Waals surface area contributed by atoms with Gasteiger partial charge in [0.05, 0.1) is 19.3 Å². The summed E-state index contributed by atoms with van der Waals surface area (Å²) in [6, 6.07) is 8.56. The van der Waals surface area contributed by atoms with Gasteiger partial charge >= 0.3 is 0 Å². The third-order valence-corrected chi connectivity index (χ3v) is 4.18. The highest BCUT2D eigenvalue weighted by molar-refractivity contribution is 5.97. The molecule has 0 radical (unpaired) electrons. The fourth-order valence-electron chi connectivity index (χ4n) is 2.84. The lowest BCUT2D eigenvalue weighted by molar-refractivity contribution is -0.123. The number of hydrogen-bond acceptors (Lipinski definition) is 5. The average molecular weight is 358 g/mol. The molecule has 1 aromatic carbocycles. The van der Waals surface area contributed by atoms with Gasteiger partial charge in [0.2, 0.25) is 5.91 Å². The van der Waals surface area contributed by atoms with Gasteiger partial charge in [-0.05, 0) is 36.6 Å². The van der Waals surface area contributed by atoms with Crippen molar-refractivity contribution in [1.29, 1.82) is 5.26 Å². The van der Waals surface area contributed by atoms with Gasteiger partial charge in [0.25, 0.3) is 5.91 Å². The number of anilines is 1. The van der Waals surface area contributed by atoms with E-state index in [1.807, 2.05) is 32.0 Å². The Labute approximate surface area is 154 Å². The van der Waals surface area contributed by atoms with Gasteiger partial charge in [-0.3, -0.25) is 9.59 Å². The fraction of sp³-hybridized carbons (Fsp3) is 0.526. The molecule has 7 heteroatoms. The van der Waals surface area contributed by atoms with E-state index in [-0.39, 0.29) is 24.3 Å². The Kier molecular flexibility index (Phi) is 7.42. The Morgan fingerprint density at radius 2 is 1.88 bits per heavy atom. The molecule has 1 saturated heterocycles. The maximum atomic E-state index is 12.5. The summed E-state index contributed by atoms with van der Waals surface area (Å²) < 4.78 is 5.35. The lowest BCUT2D eigenvalue weighted by Crippen LogP contribution is -2.47. The molecule has 0 aromatic heterocycles. The Balaban J connectivity index is 2.01. The standard InChI is InChI=1S/C19H26N4O3/c1-14(2)13-17(19(25)21-8-7-20)22-18(24)15-3-5-16(6-4-15)23-9-11-26-12-10-23/h3-6,14,17H,8-13H2,1-2H3,(H,21,25)(H,22,24)/t17-/m0/s1. The van der Waals surface area contributed by atoms with Crippen molar-refractivity contribution < 1.29 is 14.3 Å². The number of carbonyl (C=O) groups is 2. The van der Waals surface area contributed by atoms with Crippen molar-refractivity contribution in [2.75, 3.05) is 37.7 Å². The first-order valence-corrected chi connectivity index (χ1v) is 8.89. The molecule has 26 heavy (non-hydrogen) atoms. The highest BCUT2D eigenvalue weighted by Gasteiger charge is 2.22. The number of nitriles is 1. The maximum Gasteiger partial charge on any atom is 0.251 e. The number of nitrogens with one attached hydrogen (secondary N) is 2. The molecule has 0 spiro atoms. The average Bonchev–Trinajstić information content (AvgIpc) is 2.66. The Morgan fingerprint density at radius 3 is 2.46 bits per heavy atom. The molecule has 2 amide bonds. The van der Waals surface area contributed by atoms with Crippen LogP contribution >= 0.6 is 0 Å². The summed E-state index contributed by atoms with van der Waals surface area (Å²) >= 11 is 0. The molecule has 1 heterocycles. The zero-order chi connectivity index (χ0) is 18.9. The van der Waals surface area contributed by atoms with E-state index >= 15 is 0 Å². The van der Waals surface area contributed by atoms with Crippen LogP contribution in [0.2, 0.25) is 0 Å². The second-order valence-electron chi connectivity index (χ2n) is 6.68. The summed E-state index contributed by atoms with van der Waals surface area (Å²) in [6.45, 7) is 6.97. The summed E-state index contributed by atoms with van der Waals surface area (Å²) in [6.07, 6.45) is 0.509. The number of benzene rings is 1. The van der Waals surface area contributed by atoms with Gasteiger partial charge in [-0.2, -0.15) is 5.26 Å². The number of nitrogens with zero attached hydrogens (tertiary/aromatic N) is 2. The van der Waals surface area contributed by atoms with Gasteiger partial charge < -0.3 is 20.3 Å². The van der Waals surface area contributed by atoms with Crippen LogP contribution < -0.4 is 15.5 Å². The molecular weight excluding hydrogens is 332 g/mol. The number of carbonyl (C=O) groups excluding carboxylic acids is 2. The Hall–Kier alpha value is -2.59. The van der Waals surface area contributed by atoms with E-state index < -0.39 is 6.04 Å². The lowest BCUT2D eigenvalue weighted by Gasteiger charge is -2.29. The minimum Gasteiger partial charge on any atom is -0.378 e. The van der Waals surface area contributed by atoms with E-state index in [2.05, 4.69) is 15.5 Å². The molecule has 2 N–H and O–H groups in total. The summed E-state index contributed by atoms with van der Waals surface area (Å²) in [5.74, 6) is -0.397. The monoisotopic (exact) mass is 358 g/mol. The molecular formula is C19H26N4O3. The summed E-state index contributed by atoms with van der Waals surface area (Å²) in [4.78, 5) is 26.9. The molecule has 0 bridgehead atoms. The van der Waals surface area contributed by atoms with Crippen LogP contribution in [0.25, 0.3) is 0 Å². The Bertz CT molecular complexity index is 646. The molecule has 1 aromatic rings. The van der Waals surface area contributed by atoms with Crippen LogP contribution in [0.3, 0.4) is 0 Å². The smallest absolute Gasteiger partial charge is 0.251 e. The summed E-state index contributed by atoms with van der Waals surface area (Å²) in [5, 5.41) is 13.9. The highest BCUT2D eigenvalue weighted by atomic mass is 16.5. The first kappa shape index (κ1) is 19.7. The molecule has 1 aliphatic rings. The van der Waals surface area contributed by atoms with Crippen molar-refractivity contribution in [1.82, 2.24) is 10.6 Å². The molecule has 1 fully saturated rings. The largest absolute Gasteiger partial charge is 0.378 e. The molecule has 2 rings (SSSR count). The number of hydrogen-bond donors (Lipinski definition) is 2. The van der Waals surface area contributed by atoms with Gasteiger partial charge in [0.15, 0.2) is 0 Å². The number of morpholine rings is 1. The van der Waals surface area contributed by atoms with Crippen molar-refractivity contribution in [2.24, 2.45) is 5.92 Å². The van der Waals surface area contributed by atoms with E-state index in [9.17, 15) is 9.59 Å². The fourth-order valence-corrected chi connectivity index (χ4v) is 2.84. The van der Waals surface area contributed by atoms with Gasteiger partial charge in [0.1, 0.15) is 12.6 Å². The van der Waals surface area contributed by atoms with Crippen molar-refractivity contribution in [3.05, 3.63) is 29.8 Å². The molecule has 1 atom stereocenters. The van der Waals surface area contributed by atoms with E-state index in [0.717, 1.165) is 18.8 Å². The number of ether oxygens (including phenoxy) is 1.